The number of amides is 1. The van der Waals surface area contributed by atoms with Crippen molar-refractivity contribution >= 4 is 27.7 Å². The summed E-state index contributed by atoms with van der Waals surface area (Å²) >= 11 is 5.96. The fourth-order valence-corrected chi connectivity index (χ4v) is 4.59. The number of hydrogen-bond acceptors (Lipinski definition) is 4. The summed E-state index contributed by atoms with van der Waals surface area (Å²) < 4.78 is 31.6. The van der Waals surface area contributed by atoms with Gasteiger partial charge in [0.1, 0.15) is 12.1 Å². The van der Waals surface area contributed by atoms with Crippen LogP contribution >= 0.6 is 11.6 Å². The summed E-state index contributed by atoms with van der Waals surface area (Å²) in [6.07, 6.45) is 2.23. The summed E-state index contributed by atoms with van der Waals surface area (Å²) in [6, 6.07) is 5.72. The third-order valence-electron chi connectivity index (χ3n) is 3.99. The van der Waals surface area contributed by atoms with E-state index >= 15 is 0 Å². The van der Waals surface area contributed by atoms with Crippen LogP contribution < -0.4 is 0 Å². The number of carbonyl (C=O) groups is 1. The molecule has 0 N–H and O–H groups in total. The van der Waals surface area contributed by atoms with Gasteiger partial charge in [-0.3, -0.25) is 0 Å². The first kappa shape index (κ1) is 18.1. The van der Waals surface area contributed by atoms with Crippen molar-refractivity contribution in [1.82, 2.24) is 4.31 Å². The van der Waals surface area contributed by atoms with Gasteiger partial charge in [-0.05, 0) is 31.9 Å². The number of unbranched alkanes of at least 4 members (excludes halogenated alkanes) is 2. The van der Waals surface area contributed by atoms with Crippen LogP contribution in [0.1, 0.15) is 38.2 Å². The summed E-state index contributed by atoms with van der Waals surface area (Å²) in [6.45, 7) is 3.94. The Hall–Kier alpha value is -1.27. The Kier molecular flexibility index (Phi) is 5.92. The topological polar surface area (TPSA) is 63.7 Å². The molecule has 0 saturated carbocycles. The standard InChI is InChI=1S/C16H22ClNO4S/c1-3-4-5-6-15-14(11-17)18(16(19)22-15)23(20,21)13-9-7-12(2)8-10-13/h7-10,14-15H,3-6,11H2,1-2H3/t14-,15-/m0/s1. The molecule has 7 heteroatoms. The Bertz CT molecular complexity index is 645. The molecule has 1 aromatic rings. The number of rotatable bonds is 7. The number of sulfonamides is 1. The summed E-state index contributed by atoms with van der Waals surface area (Å²) in [5.74, 6) is 0.0215. The Morgan fingerprint density at radius 2 is 1.87 bits per heavy atom. The van der Waals surface area contributed by atoms with E-state index < -0.39 is 28.3 Å². The lowest BCUT2D eigenvalue weighted by Crippen LogP contribution is -2.42. The van der Waals surface area contributed by atoms with Crippen molar-refractivity contribution in [2.24, 2.45) is 0 Å². The zero-order chi connectivity index (χ0) is 17.0. The summed E-state index contributed by atoms with van der Waals surface area (Å²) in [5, 5.41) is 0. The lowest BCUT2D eigenvalue weighted by Gasteiger charge is -2.22. The molecule has 5 nitrogen and oxygen atoms in total. The number of aryl methyl sites for hydroxylation is 1. The van der Waals surface area contributed by atoms with Crippen molar-refractivity contribution in [2.45, 2.75) is 56.6 Å². The molecule has 1 amide bonds. The number of hydrogen-bond donors (Lipinski definition) is 0. The Labute approximate surface area is 142 Å². The number of carbonyl (C=O) groups excluding carboxylic acids is 1. The molecular formula is C16H22ClNO4S. The average molecular weight is 360 g/mol. The molecule has 1 aliphatic rings. The normalized spacial score (nSPS) is 21.5. The van der Waals surface area contributed by atoms with Gasteiger partial charge in [0.2, 0.25) is 0 Å². The molecule has 1 saturated heterocycles. The highest BCUT2D eigenvalue weighted by Gasteiger charge is 2.47. The van der Waals surface area contributed by atoms with E-state index in [1.54, 1.807) is 12.1 Å². The van der Waals surface area contributed by atoms with E-state index in [0.717, 1.165) is 29.1 Å². The van der Waals surface area contributed by atoms with Gasteiger partial charge in [0.25, 0.3) is 10.0 Å². The van der Waals surface area contributed by atoms with E-state index in [9.17, 15) is 13.2 Å². The molecule has 2 rings (SSSR count). The van der Waals surface area contributed by atoms with Crippen molar-refractivity contribution in [3.8, 4) is 0 Å². The highest BCUT2D eigenvalue weighted by atomic mass is 35.5. The Morgan fingerprint density at radius 1 is 1.22 bits per heavy atom. The maximum absolute atomic E-state index is 12.8. The van der Waals surface area contributed by atoms with Crippen LogP contribution in [0.5, 0.6) is 0 Å². The molecule has 23 heavy (non-hydrogen) atoms. The molecule has 0 radical (unpaired) electrons. The Balaban J connectivity index is 2.25. The Morgan fingerprint density at radius 3 is 2.43 bits per heavy atom. The van der Waals surface area contributed by atoms with E-state index in [4.69, 9.17) is 16.3 Å². The third-order valence-corrected chi connectivity index (χ3v) is 6.11. The molecule has 0 aliphatic carbocycles. The van der Waals surface area contributed by atoms with Crippen molar-refractivity contribution < 1.29 is 17.9 Å². The SMILES string of the molecule is CCCCC[C@@H]1OC(=O)N(S(=O)(=O)c2ccc(C)cc2)[C@H]1CCl. The molecule has 1 aromatic carbocycles. The number of alkyl halides is 1. The lowest BCUT2D eigenvalue weighted by atomic mass is 10.1. The van der Waals surface area contributed by atoms with E-state index in [1.807, 2.05) is 6.92 Å². The van der Waals surface area contributed by atoms with Gasteiger partial charge in [-0.15, -0.1) is 11.6 Å². The zero-order valence-corrected chi connectivity index (χ0v) is 14.9. The average Bonchev–Trinajstić information content (AvgIpc) is 2.84. The maximum atomic E-state index is 12.8. The van der Waals surface area contributed by atoms with Crippen LogP contribution in [0, 0.1) is 6.92 Å². The number of ether oxygens (including phenoxy) is 1. The second-order valence-electron chi connectivity index (χ2n) is 5.75. The van der Waals surface area contributed by atoms with E-state index in [-0.39, 0.29) is 10.8 Å². The smallest absolute Gasteiger partial charge is 0.424 e. The van der Waals surface area contributed by atoms with Gasteiger partial charge in [0.15, 0.2) is 0 Å². The van der Waals surface area contributed by atoms with E-state index in [2.05, 4.69) is 6.92 Å². The highest BCUT2D eigenvalue weighted by molar-refractivity contribution is 7.89. The predicted octanol–water partition coefficient (Wildman–Crippen LogP) is 3.69. The van der Waals surface area contributed by atoms with Crippen molar-refractivity contribution in [2.75, 3.05) is 5.88 Å². The van der Waals surface area contributed by atoms with Crippen LogP contribution in [-0.2, 0) is 14.8 Å². The minimum Gasteiger partial charge on any atom is -0.443 e. The second kappa shape index (κ2) is 7.53. The second-order valence-corrected chi connectivity index (χ2v) is 7.88. The monoisotopic (exact) mass is 359 g/mol. The molecule has 0 unspecified atom stereocenters. The zero-order valence-electron chi connectivity index (χ0n) is 13.4. The number of benzene rings is 1. The van der Waals surface area contributed by atoms with Crippen molar-refractivity contribution in [1.29, 1.82) is 0 Å². The molecule has 0 spiro atoms. The quantitative estimate of drug-likeness (QED) is 0.550. The van der Waals surface area contributed by atoms with Crippen molar-refractivity contribution in [3.63, 3.8) is 0 Å². The molecule has 1 aliphatic heterocycles. The van der Waals surface area contributed by atoms with Crippen LogP contribution in [-0.4, -0.2) is 36.8 Å². The van der Waals surface area contributed by atoms with Crippen LogP contribution in [0.2, 0.25) is 0 Å². The molecule has 0 bridgehead atoms. The highest BCUT2D eigenvalue weighted by Crippen LogP contribution is 2.30. The third kappa shape index (κ3) is 3.80. The van der Waals surface area contributed by atoms with Gasteiger partial charge in [-0.25, -0.2) is 13.2 Å². The summed E-state index contributed by atoms with van der Waals surface area (Å²) in [7, 11) is -3.96. The molecule has 2 atom stereocenters. The van der Waals surface area contributed by atoms with Crippen LogP contribution in [0.15, 0.2) is 29.2 Å². The van der Waals surface area contributed by atoms with Gasteiger partial charge in [0.05, 0.1) is 4.90 Å². The summed E-state index contributed by atoms with van der Waals surface area (Å²) in [5.41, 5.74) is 0.944. The van der Waals surface area contributed by atoms with E-state index in [1.165, 1.54) is 12.1 Å². The van der Waals surface area contributed by atoms with Gasteiger partial charge >= 0.3 is 6.09 Å². The first-order chi connectivity index (χ1) is 10.9. The molecule has 0 aromatic heterocycles. The first-order valence-electron chi connectivity index (χ1n) is 7.79. The molecule has 1 heterocycles. The van der Waals surface area contributed by atoms with Crippen LogP contribution in [0.3, 0.4) is 0 Å². The fourth-order valence-electron chi connectivity index (χ4n) is 2.66. The van der Waals surface area contributed by atoms with E-state index in [0.29, 0.717) is 6.42 Å². The van der Waals surface area contributed by atoms with Crippen molar-refractivity contribution in [3.05, 3.63) is 29.8 Å². The predicted molar refractivity (Wildman–Crippen MR) is 89.1 cm³/mol. The summed E-state index contributed by atoms with van der Waals surface area (Å²) in [4.78, 5) is 12.2. The van der Waals surface area contributed by atoms with Gasteiger partial charge in [0, 0.05) is 5.88 Å². The maximum Gasteiger partial charge on any atom is 0.424 e. The number of cyclic esters (lactones) is 1. The van der Waals surface area contributed by atoms with Gasteiger partial charge in [-0.2, -0.15) is 4.31 Å². The van der Waals surface area contributed by atoms with Gasteiger partial charge in [-0.1, -0.05) is 37.5 Å². The molecular weight excluding hydrogens is 338 g/mol. The molecule has 128 valence electrons. The minimum absolute atomic E-state index is 0.0215. The number of halogens is 1. The molecule has 1 fully saturated rings. The van der Waals surface area contributed by atoms with Crippen LogP contribution in [0.4, 0.5) is 4.79 Å². The minimum atomic E-state index is -3.96. The fraction of sp³-hybridized carbons (Fsp3) is 0.562. The lowest BCUT2D eigenvalue weighted by molar-refractivity contribution is 0.126. The first-order valence-corrected chi connectivity index (χ1v) is 9.77. The van der Waals surface area contributed by atoms with Crippen LogP contribution in [0.25, 0.3) is 0 Å². The van der Waals surface area contributed by atoms with Gasteiger partial charge < -0.3 is 4.74 Å². The largest absolute Gasteiger partial charge is 0.443 e. The number of nitrogens with zero attached hydrogens (tertiary/aromatic N) is 1.